The summed E-state index contributed by atoms with van der Waals surface area (Å²) >= 11 is 1.63. The predicted octanol–water partition coefficient (Wildman–Crippen LogP) is 5.37. The highest BCUT2D eigenvalue weighted by Gasteiger charge is 2.33. The van der Waals surface area contributed by atoms with Crippen molar-refractivity contribution in [1.29, 1.82) is 5.26 Å². The Labute approximate surface area is 210 Å². The van der Waals surface area contributed by atoms with Gasteiger partial charge in [0, 0.05) is 30.2 Å². The van der Waals surface area contributed by atoms with Crippen LogP contribution in [0.2, 0.25) is 0 Å². The first kappa shape index (κ1) is 24.2. The molecule has 1 saturated heterocycles. The third-order valence-corrected chi connectivity index (χ3v) is 6.68. The SMILES string of the molecule is CSc1cccc(NC(=O)N2CCN(C(=Nc3ccccc3C)NC#N)CC2c2ccccc2)c1. The molecule has 1 atom stereocenters. The first-order valence-electron chi connectivity index (χ1n) is 11.4. The maximum Gasteiger partial charge on any atom is 0.322 e. The largest absolute Gasteiger partial charge is 0.338 e. The summed E-state index contributed by atoms with van der Waals surface area (Å²) in [5.74, 6) is 0.482. The van der Waals surface area contributed by atoms with Crippen LogP contribution in [0.3, 0.4) is 0 Å². The van der Waals surface area contributed by atoms with Crippen LogP contribution < -0.4 is 10.6 Å². The molecular formula is C27H28N6OS. The van der Waals surface area contributed by atoms with Gasteiger partial charge in [-0.25, -0.2) is 9.79 Å². The number of aliphatic imine (C=N–C) groups is 1. The summed E-state index contributed by atoms with van der Waals surface area (Å²) in [6.45, 7) is 3.51. The molecule has 1 heterocycles. The summed E-state index contributed by atoms with van der Waals surface area (Å²) in [7, 11) is 0. The zero-order valence-electron chi connectivity index (χ0n) is 19.8. The van der Waals surface area contributed by atoms with Gasteiger partial charge in [0.05, 0.1) is 11.7 Å². The number of para-hydroxylation sites is 1. The summed E-state index contributed by atoms with van der Waals surface area (Å²) in [6, 6.07) is 25.2. The number of hydrogen-bond acceptors (Lipinski definition) is 4. The Morgan fingerprint density at radius 2 is 1.83 bits per heavy atom. The molecule has 1 fully saturated rings. The van der Waals surface area contributed by atoms with Crippen LogP contribution in [0.15, 0.2) is 88.8 Å². The van der Waals surface area contributed by atoms with E-state index in [9.17, 15) is 10.1 Å². The van der Waals surface area contributed by atoms with E-state index in [1.54, 1.807) is 11.8 Å². The second-order valence-corrected chi connectivity index (χ2v) is 9.07. The molecule has 0 radical (unpaired) electrons. The Morgan fingerprint density at radius 1 is 1.06 bits per heavy atom. The van der Waals surface area contributed by atoms with Crippen molar-refractivity contribution in [2.24, 2.45) is 4.99 Å². The highest BCUT2D eigenvalue weighted by atomic mass is 32.2. The lowest BCUT2D eigenvalue weighted by Gasteiger charge is -2.42. The molecular weight excluding hydrogens is 456 g/mol. The molecule has 2 amide bonds. The maximum absolute atomic E-state index is 13.4. The van der Waals surface area contributed by atoms with Gasteiger partial charge in [-0.2, -0.15) is 5.26 Å². The number of anilines is 1. The van der Waals surface area contributed by atoms with Crippen LogP contribution in [0.1, 0.15) is 17.2 Å². The lowest BCUT2D eigenvalue weighted by atomic mass is 10.0. The van der Waals surface area contributed by atoms with Gasteiger partial charge in [-0.1, -0.05) is 54.6 Å². The van der Waals surface area contributed by atoms with Gasteiger partial charge in [0.15, 0.2) is 6.19 Å². The van der Waals surface area contributed by atoms with Crippen molar-refractivity contribution in [2.75, 3.05) is 31.2 Å². The van der Waals surface area contributed by atoms with Gasteiger partial charge < -0.3 is 15.1 Å². The van der Waals surface area contributed by atoms with Crippen LogP contribution in [-0.4, -0.2) is 47.7 Å². The number of carbonyl (C=O) groups is 1. The topological polar surface area (TPSA) is 83.8 Å². The van der Waals surface area contributed by atoms with Gasteiger partial charge in [-0.3, -0.25) is 5.32 Å². The maximum atomic E-state index is 13.4. The Morgan fingerprint density at radius 3 is 2.57 bits per heavy atom. The minimum atomic E-state index is -0.212. The van der Waals surface area contributed by atoms with Crippen molar-refractivity contribution in [1.82, 2.24) is 15.1 Å². The second-order valence-electron chi connectivity index (χ2n) is 8.19. The van der Waals surface area contributed by atoms with Crippen molar-refractivity contribution in [3.63, 3.8) is 0 Å². The molecule has 3 aromatic carbocycles. The average Bonchev–Trinajstić information content (AvgIpc) is 2.90. The number of guanidine groups is 1. The number of nitrogens with one attached hydrogen (secondary N) is 2. The first-order valence-corrected chi connectivity index (χ1v) is 12.6. The molecule has 3 aromatic rings. The molecule has 1 aliphatic rings. The molecule has 0 saturated carbocycles. The fraction of sp³-hybridized carbons (Fsp3) is 0.222. The highest BCUT2D eigenvalue weighted by Crippen LogP contribution is 2.28. The third-order valence-electron chi connectivity index (χ3n) is 5.96. The van der Waals surface area contributed by atoms with Crippen molar-refractivity contribution in [3.8, 4) is 6.19 Å². The van der Waals surface area contributed by atoms with E-state index in [2.05, 4.69) is 10.6 Å². The summed E-state index contributed by atoms with van der Waals surface area (Å²) in [5.41, 5.74) is 3.62. The van der Waals surface area contributed by atoms with Crippen LogP contribution in [0, 0.1) is 18.4 Å². The molecule has 0 bridgehead atoms. The number of aryl methyl sites for hydroxylation is 1. The molecule has 0 aliphatic carbocycles. The molecule has 35 heavy (non-hydrogen) atoms. The van der Waals surface area contributed by atoms with Gasteiger partial charge in [-0.15, -0.1) is 11.8 Å². The minimum absolute atomic E-state index is 0.151. The number of carbonyl (C=O) groups excluding carboxylic acids is 1. The quantitative estimate of drug-likeness (QED) is 0.171. The van der Waals surface area contributed by atoms with Gasteiger partial charge in [0.2, 0.25) is 5.96 Å². The highest BCUT2D eigenvalue weighted by molar-refractivity contribution is 7.98. The van der Waals surface area contributed by atoms with E-state index >= 15 is 0 Å². The van der Waals surface area contributed by atoms with E-state index in [-0.39, 0.29) is 12.1 Å². The standard InChI is InChI=1S/C27H28N6OS/c1-20-9-6-7-14-24(20)31-26(29-19-28)32-15-16-33(25(18-32)21-10-4-3-5-11-21)27(34)30-22-12-8-13-23(17-22)35-2/h3-14,17,25H,15-16,18H2,1-2H3,(H,29,31)(H,30,34). The molecule has 0 spiro atoms. The number of urea groups is 1. The fourth-order valence-corrected chi connectivity index (χ4v) is 4.57. The summed E-state index contributed by atoms with van der Waals surface area (Å²) < 4.78 is 0. The second kappa shape index (κ2) is 11.4. The molecule has 178 valence electrons. The molecule has 0 aromatic heterocycles. The molecule has 4 rings (SSSR count). The number of rotatable bonds is 4. The first-order chi connectivity index (χ1) is 17.1. The van der Waals surface area contributed by atoms with E-state index in [0.29, 0.717) is 25.6 Å². The van der Waals surface area contributed by atoms with Crippen molar-refractivity contribution in [3.05, 3.63) is 90.0 Å². The monoisotopic (exact) mass is 484 g/mol. The van der Waals surface area contributed by atoms with Gasteiger partial charge in [-0.05, 0) is 48.6 Å². The zero-order chi connectivity index (χ0) is 24.6. The van der Waals surface area contributed by atoms with Gasteiger partial charge in [0.1, 0.15) is 0 Å². The van der Waals surface area contributed by atoms with Crippen molar-refractivity contribution >= 4 is 35.1 Å². The Bertz CT molecular complexity index is 1240. The number of nitriles is 1. The number of amides is 2. The number of hydrogen-bond donors (Lipinski definition) is 2. The average molecular weight is 485 g/mol. The summed E-state index contributed by atoms with van der Waals surface area (Å²) in [5, 5.41) is 15.2. The van der Waals surface area contributed by atoms with Crippen molar-refractivity contribution < 1.29 is 4.79 Å². The zero-order valence-corrected chi connectivity index (χ0v) is 20.6. The predicted molar refractivity (Wildman–Crippen MR) is 142 cm³/mol. The van der Waals surface area contributed by atoms with E-state index in [1.807, 2.05) is 108 Å². The summed E-state index contributed by atoms with van der Waals surface area (Å²) in [6.07, 6.45) is 4.03. The minimum Gasteiger partial charge on any atom is -0.338 e. The lowest BCUT2D eigenvalue weighted by Crippen LogP contribution is -2.55. The molecule has 1 aliphatic heterocycles. The Balaban J connectivity index is 1.61. The van der Waals surface area contributed by atoms with Crippen LogP contribution in [-0.2, 0) is 0 Å². The molecule has 2 N–H and O–H groups in total. The molecule has 7 nitrogen and oxygen atoms in total. The lowest BCUT2D eigenvalue weighted by molar-refractivity contribution is 0.135. The van der Waals surface area contributed by atoms with Gasteiger partial charge >= 0.3 is 6.03 Å². The molecule has 8 heteroatoms. The van der Waals surface area contributed by atoms with E-state index in [4.69, 9.17) is 4.99 Å². The third kappa shape index (κ3) is 5.94. The van der Waals surface area contributed by atoms with E-state index in [0.717, 1.165) is 27.4 Å². The number of thioether (sulfide) groups is 1. The number of piperazine rings is 1. The normalized spacial score (nSPS) is 15.9. The van der Waals surface area contributed by atoms with Crippen LogP contribution in [0.5, 0.6) is 0 Å². The van der Waals surface area contributed by atoms with Crippen molar-refractivity contribution in [2.45, 2.75) is 17.9 Å². The molecule has 1 unspecified atom stereocenters. The summed E-state index contributed by atoms with van der Waals surface area (Å²) in [4.78, 5) is 23.1. The van der Waals surface area contributed by atoms with Crippen LogP contribution >= 0.6 is 11.8 Å². The Hall–Kier alpha value is -3.96. The number of nitrogens with zero attached hydrogens (tertiary/aromatic N) is 4. The van der Waals surface area contributed by atoms with Gasteiger partial charge in [0.25, 0.3) is 0 Å². The van der Waals surface area contributed by atoms with Crippen LogP contribution in [0.25, 0.3) is 0 Å². The smallest absolute Gasteiger partial charge is 0.322 e. The van der Waals surface area contributed by atoms with E-state index in [1.165, 1.54) is 0 Å². The van der Waals surface area contributed by atoms with Crippen LogP contribution in [0.4, 0.5) is 16.2 Å². The fourth-order valence-electron chi connectivity index (χ4n) is 4.11. The van der Waals surface area contributed by atoms with E-state index < -0.39 is 0 Å². The Kier molecular flexibility index (Phi) is 7.91. The number of benzene rings is 3.